The molecule has 142 valence electrons. The van der Waals surface area contributed by atoms with E-state index < -0.39 is 0 Å². The number of rotatable bonds is 4. The summed E-state index contributed by atoms with van der Waals surface area (Å²) in [5, 5.41) is 27.7. The number of aromatic hydroxyl groups is 2. The Bertz CT molecular complexity index is 1190. The largest absolute Gasteiger partial charge is 0.508 e. The van der Waals surface area contributed by atoms with Crippen LogP contribution in [-0.2, 0) is 0 Å². The van der Waals surface area contributed by atoms with Crippen molar-refractivity contribution in [3.05, 3.63) is 59.1 Å². The average molecular weight is 393 g/mol. The number of aromatic nitrogens is 5. The van der Waals surface area contributed by atoms with E-state index in [0.717, 1.165) is 22.6 Å². The van der Waals surface area contributed by atoms with E-state index in [1.54, 1.807) is 23.0 Å². The minimum Gasteiger partial charge on any atom is -0.508 e. The zero-order chi connectivity index (χ0) is 19.8. The van der Waals surface area contributed by atoms with Crippen molar-refractivity contribution in [2.24, 2.45) is 0 Å². The van der Waals surface area contributed by atoms with Crippen LogP contribution in [0.25, 0.3) is 28.5 Å². The van der Waals surface area contributed by atoms with E-state index in [4.69, 9.17) is 12.2 Å². The maximum absolute atomic E-state index is 10.5. The van der Waals surface area contributed by atoms with E-state index in [2.05, 4.69) is 20.2 Å². The van der Waals surface area contributed by atoms with E-state index in [1.807, 2.05) is 38.1 Å². The standard InChI is InChI=1S/C20H19N5O2S/c1-11(2)14-9-15(17(27)10-16(14)26)19-23-24-20(28)25(19)13-5-3-4-12(8-13)18-21-6-7-22-18/h3-11,26-27H,1-2H3,(H,21,22)(H,24,28). The Hall–Kier alpha value is -3.39. The number of H-pyrrole nitrogens is 2. The Balaban J connectivity index is 1.90. The van der Waals surface area contributed by atoms with Gasteiger partial charge in [0, 0.05) is 24.0 Å². The maximum Gasteiger partial charge on any atom is 0.200 e. The van der Waals surface area contributed by atoms with Gasteiger partial charge in [-0.05, 0) is 41.9 Å². The molecule has 0 spiro atoms. The predicted molar refractivity (Wildman–Crippen MR) is 109 cm³/mol. The van der Waals surface area contributed by atoms with Gasteiger partial charge in [0.15, 0.2) is 10.6 Å². The van der Waals surface area contributed by atoms with Crippen LogP contribution in [-0.4, -0.2) is 34.9 Å². The Morgan fingerprint density at radius 2 is 1.93 bits per heavy atom. The molecule has 2 heterocycles. The first-order chi connectivity index (χ1) is 13.5. The molecule has 2 aromatic carbocycles. The molecule has 7 nitrogen and oxygen atoms in total. The molecular formula is C20H19N5O2S. The van der Waals surface area contributed by atoms with Gasteiger partial charge >= 0.3 is 0 Å². The molecule has 4 aromatic rings. The van der Waals surface area contributed by atoms with E-state index >= 15 is 0 Å². The second kappa shape index (κ2) is 6.97. The first-order valence-electron chi connectivity index (χ1n) is 8.79. The van der Waals surface area contributed by atoms with Gasteiger partial charge in [-0.2, -0.15) is 5.10 Å². The normalized spacial score (nSPS) is 11.2. The molecule has 0 unspecified atom stereocenters. The summed E-state index contributed by atoms with van der Waals surface area (Å²) < 4.78 is 2.14. The van der Waals surface area contributed by atoms with Crippen LogP contribution in [0.4, 0.5) is 0 Å². The number of phenolic OH excluding ortho intramolecular Hbond substituents is 2. The van der Waals surface area contributed by atoms with Gasteiger partial charge in [-0.1, -0.05) is 26.0 Å². The zero-order valence-corrected chi connectivity index (χ0v) is 16.2. The third-order valence-corrected chi connectivity index (χ3v) is 4.83. The Kier molecular flexibility index (Phi) is 4.48. The molecule has 0 atom stereocenters. The summed E-state index contributed by atoms with van der Waals surface area (Å²) >= 11 is 5.44. The van der Waals surface area contributed by atoms with Gasteiger partial charge in [-0.15, -0.1) is 0 Å². The van der Waals surface area contributed by atoms with Gasteiger partial charge in [-0.25, -0.2) is 4.98 Å². The lowest BCUT2D eigenvalue weighted by molar-refractivity contribution is 0.444. The van der Waals surface area contributed by atoms with Crippen molar-refractivity contribution in [3.8, 4) is 40.0 Å². The van der Waals surface area contributed by atoms with Crippen molar-refractivity contribution >= 4 is 12.2 Å². The lowest BCUT2D eigenvalue weighted by atomic mass is 9.98. The van der Waals surface area contributed by atoms with Crippen molar-refractivity contribution < 1.29 is 10.2 Å². The van der Waals surface area contributed by atoms with Crippen LogP contribution in [0.1, 0.15) is 25.3 Å². The highest BCUT2D eigenvalue weighted by molar-refractivity contribution is 7.71. The number of imidazole rings is 1. The lowest BCUT2D eigenvalue weighted by Gasteiger charge is -2.14. The predicted octanol–water partition coefficient (Wildman–Crippen LogP) is 4.52. The maximum atomic E-state index is 10.5. The smallest absolute Gasteiger partial charge is 0.200 e. The van der Waals surface area contributed by atoms with Crippen molar-refractivity contribution in [2.45, 2.75) is 19.8 Å². The topological polar surface area (TPSA) is 103 Å². The molecular weight excluding hydrogens is 374 g/mol. The fraction of sp³-hybridized carbons (Fsp3) is 0.150. The third kappa shape index (κ3) is 3.07. The number of aromatic amines is 2. The second-order valence-corrected chi connectivity index (χ2v) is 7.15. The van der Waals surface area contributed by atoms with Crippen LogP contribution in [0.15, 0.2) is 48.8 Å². The molecule has 0 aliphatic carbocycles. The van der Waals surface area contributed by atoms with E-state index in [1.165, 1.54) is 6.07 Å². The van der Waals surface area contributed by atoms with Gasteiger partial charge in [0.05, 0.1) is 11.3 Å². The number of hydrogen-bond donors (Lipinski definition) is 4. The van der Waals surface area contributed by atoms with Gasteiger partial charge in [0.2, 0.25) is 0 Å². The van der Waals surface area contributed by atoms with Crippen LogP contribution in [0, 0.1) is 4.77 Å². The first kappa shape index (κ1) is 18.0. The molecule has 0 fully saturated rings. The molecule has 28 heavy (non-hydrogen) atoms. The Morgan fingerprint density at radius 3 is 2.64 bits per heavy atom. The van der Waals surface area contributed by atoms with Crippen LogP contribution >= 0.6 is 12.2 Å². The molecule has 2 aromatic heterocycles. The molecule has 0 saturated carbocycles. The van der Waals surface area contributed by atoms with Crippen molar-refractivity contribution in [1.82, 2.24) is 24.7 Å². The van der Waals surface area contributed by atoms with Crippen molar-refractivity contribution in [2.75, 3.05) is 0 Å². The van der Waals surface area contributed by atoms with Gasteiger partial charge in [0.25, 0.3) is 0 Å². The zero-order valence-electron chi connectivity index (χ0n) is 15.3. The highest BCUT2D eigenvalue weighted by Gasteiger charge is 2.19. The minimum atomic E-state index is -0.0701. The number of nitrogens with one attached hydrogen (secondary N) is 2. The number of phenols is 2. The monoisotopic (exact) mass is 393 g/mol. The second-order valence-electron chi connectivity index (χ2n) is 6.76. The van der Waals surface area contributed by atoms with Gasteiger partial charge in [0.1, 0.15) is 17.3 Å². The SMILES string of the molecule is CC(C)c1cc(-c2n[nH]c(=S)n2-c2cccc(-c3ncc[nH]3)c2)c(O)cc1O. The summed E-state index contributed by atoms with van der Waals surface area (Å²) in [5.41, 5.74) is 2.88. The summed E-state index contributed by atoms with van der Waals surface area (Å²) in [7, 11) is 0. The summed E-state index contributed by atoms with van der Waals surface area (Å²) in [6, 6.07) is 10.8. The molecule has 4 N–H and O–H groups in total. The average Bonchev–Trinajstić information content (AvgIpc) is 3.32. The number of nitrogens with zero attached hydrogens (tertiary/aromatic N) is 3. The molecule has 4 rings (SSSR count). The molecule has 8 heteroatoms. The summed E-state index contributed by atoms with van der Waals surface area (Å²) in [4.78, 5) is 7.37. The molecule has 0 aliphatic heterocycles. The number of hydrogen-bond acceptors (Lipinski definition) is 5. The van der Waals surface area contributed by atoms with E-state index in [-0.39, 0.29) is 17.4 Å². The van der Waals surface area contributed by atoms with Crippen LogP contribution in [0.5, 0.6) is 11.5 Å². The lowest BCUT2D eigenvalue weighted by Crippen LogP contribution is -2.00. The summed E-state index contributed by atoms with van der Waals surface area (Å²) in [5.74, 6) is 1.27. The summed E-state index contributed by atoms with van der Waals surface area (Å²) in [6.07, 6.45) is 3.46. The molecule has 0 bridgehead atoms. The first-order valence-corrected chi connectivity index (χ1v) is 9.20. The highest BCUT2D eigenvalue weighted by Crippen LogP contribution is 2.38. The minimum absolute atomic E-state index is 0.0525. The Morgan fingerprint density at radius 1 is 1.11 bits per heavy atom. The van der Waals surface area contributed by atoms with Crippen LogP contribution < -0.4 is 0 Å². The van der Waals surface area contributed by atoms with Crippen LogP contribution in [0.2, 0.25) is 0 Å². The number of benzene rings is 2. The van der Waals surface area contributed by atoms with E-state index in [0.29, 0.717) is 16.2 Å². The highest BCUT2D eigenvalue weighted by atomic mass is 32.1. The third-order valence-electron chi connectivity index (χ3n) is 4.56. The summed E-state index contributed by atoms with van der Waals surface area (Å²) in [6.45, 7) is 3.94. The van der Waals surface area contributed by atoms with Crippen LogP contribution in [0.3, 0.4) is 0 Å². The Labute approximate surface area is 166 Å². The molecule has 0 saturated heterocycles. The molecule has 0 amide bonds. The van der Waals surface area contributed by atoms with Gasteiger partial charge < -0.3 is 15.2 Å². The molecule has 0 aliphatic rings. The fourth-order valence-electron chi connectivity index (χ4n) is 3.17. The quantitative estimate of drug-likeness (QED) is 0.382. The molecule has 0 radical (unpaired) electrons. The van der Waals surface area contributed by atoms with E-state index in [9.17, 15) is 10.2 Å². The van der Waals surface area contributed by atoms with Crippen molar-refractivity contribution in [3.63, 3.8) is 0 Å². The van der Waals surface area contributed by atoms with Gasteiger partial charge in [-0.3, -0.25) is 9.67 Å². The fourth-order valence-corrected chi connectivity index (χ4v) is 3.41. The van der Waals surface area contributed by atoms with Crippen molar-refractivity contribution in [1.29, 1.82) is 0 Å².